The molecule has 0 spiro atoms. The highest BCUT2D eigenvalue weighted by Crippen LogP contribution is 2.58. The zero-order valence-corrected chi connectivity index (χ0v) is 24.9. The van der Waals surface area contributed by atoms with E-state index in [4.69, 9.17) is 41.8 Å². The molecule has 42 heavy (non-hydrogen) atoms. The molecule has 2 fully saturated rings. The van der Waals surface area contributed by atoms with E-state index in [2.05, 4.69) is 42.5 Å². The maximum absolute atomic E-state index is 12.3. The van der Waals surface area contributed by atoms with Gasteiger partial charge in [0.1, 0.15) is 48.5 Å². The van der Waals surface area contributed by atoms with Crippen LogP contribution in [0.1, 0.15) is 25.3 Å². The molecular weight excluding hydrogens is 634 g/mol. The summed E-state index contributed by atoms with van der Waals surface area (Å²) in [6, 6.07) is 1.75. The van der Waals surface area contributed by atoms with Crippen LogP contribution < -0.4 is 17.0 Å². The normalized spacial score (nSPS) is 28.0. The van der Waals surface area contributed by atoms with Crippen molar-refractivity contribution >= 4 is 71.7 Å². The average molecular weight is 660 g/mol. The van der Waals surface area contributed by atoms with Crippen LogP contribution in [0.5, 0.6) is 0 Å². The van der Waals surface area contributed by atoms with E-state index in [1.54, 1.807) is 16.8 Å². The number of rotatable bonds is 9. The van der Waals surface area contributed by atoms with Crippen LogP contribution in [0.4, 0.5) is 11.8 Å². The van der Waals surface area contributed by atoms with Gasteiger partial charge in [0.15, 0.2) is 23.9 Å². The van der Waals surface area contributed by atoms with Crippen LogP contribution in [0, 0.1) is 0 Å². The van der Waals surface area contributed by atoms with Crippen LogP contribution >= 0.6 is 26.0 Å². The van der Waals surface area contributed by atoms with Crippen LogP contribution in [-0.2, 0) is 34.9 Å². The molecule has 0 aromatic carbocycles. The quantitative estimate of drug-likeness (QED) is 0.105. The highest BCUT2D eigenvalue weighted by molar-refractivity contribution is 8.39. The van der Waals surface area contributed by atoms with Crippen LogP contribution in [-0.4, -0.2) is 86.7 Å². The highest BCUT2D eigenvalue weighted by Gasteiger charge is 2.48. The van der Waals surface area contributed by atoms with Gasteiger partial charge in [-0.15, -0.1) is 9.62 Å². The Morgan fingerprint density at radius 3 is 2.86 bits per heavy atom. The molecule has 18 nitrogen and oxygen atoms in total. The lowest BCUT2D eigenvalue weighted by Gasteiger charge is -2.27. The number of fused-ring (bicyclic) bond motifs is 2. The number of nitrogen functional groups attached to an aromatic ring is 2. The number of H-pyrrole nitrogens is 1. The number of aromatic amines is 1. The number of aromatic nitrogens is 8. The molecule has 3 unspecified atom stereocenters. The molecule has 2 aliphatic heterocycles. The Balaban J connectivity index is 1.24. The zero-order valence-electron chi connectivity index (χ0n) is 21.4. The van der Waals surface area contributed by atoms with Gasteiger partial charge in [0, 0.05) is 12.6 Å². The SMILES string of the molecule is Nc1nc2c(nnn2[C@@H]2OC(CO)C[C@H]2P(O)(=S)OC[C@H]2O[C@@H](n3ccc4c(N)ncnc43)C[C@@H]2O[P+](=O)S)c(=O)[nH]1. The van der Waals surface area contributed by atoms with Gasteiger partial charge < -0.3 is 40.0 Å². The highest BCUT2D eigenvalue weighted by atomic mass is 32.7. The third-order valence-corrected chi connectivity index (χ3v) is 10.7. The number of hydrogen-bond acceptors (Lipinski definition) is 15. The van der Waals surface area contributed by atoms with Crippen molar-refractivity contribution in [1.82, 2.24) is 39.5 Å². The Morgan fingerprint density at radius 2 is 2.10 bits per heavy atom. The second kappa shape index (κ2) is 11.5. The molecule has 8 atom stereocenters. The topological polar surface area (TPSA) is 254 Å². The molecule has 0 bridgehead atoms. The molecule has 2 aliphatic rings. The third kappa shape index (κ3) is 5.43. The number of thiol groups is 1. The molecule has 0 radical (unpaired) electrons. The van der Waals surface area contributed by atoms with E-state index in [9.17, 15) is 19.4 Å². The monoisotopic (exact) mass is 659 g/mol. The van der Waals surface area contributed by atoms with Crippen LogP contribution in [0.25, 0.3) is 22.2 Å². The van der Waals surface area contributed by atoms with Crippen molar-refractivity contribution in [2.45, 2.75) is 49.3 Å². The van der Waals surface area contributed by atoms with E-state index in [0.717, 1.165) is 0 Å². The number of hydrogen-bond donors (Lipinski definition) is 6. The second-order valence-corrected chi connectivity index (χ2v) is 14.9. The van der Waals surface area contributed by atoms with Gasteiger partial charge in [-0.25, -0.2) is 9.97 Å². The van der Waals surface area contributed by atoms with Gasteiger partial charge in [0.05, 0.1) is 30.4 Å². The number of nitrogens with two attached hydrogens (primary N) is 2. The Morgan fingerprint density at radius 1 is 1.29 bits per heavy atom. The lowest BCUT2D eigenvalue weighted by Crippen LogP contribution is -2.29. The molecule has 22 heteroatoms. The van der Waals surface area contributed by atoms with Crippen molar-refractivity contribution in [2.75, 3.05) is 24.7 Å². The third-order valence-electron chi connectivity index (χ3n) is 7.06. The molecule has 224 valence electrons. The Labute approximate surface area is 246 Å². The lowest BCUT2D eigenvalue weighted by molar-refractivity contribution is -0.0357. The number of ether oxygens (including phenoxy) is 2. The van der Waals surface area contributed by atoms with Crippen LogP contribution in [0.2, 0.25) is 0 Å². The molecular formula is C20H25N10O8P2S2+. The maximum atomic E-state index is 12.3. The smallest absolute Gasteiger partial charge is 0.394 e. The van der Waals surface area contributed by atoms with Crippen LogP contribution in [0.3, 0.4) is 0 Å². The van der Waals surface area contributed by atoms with Gasteiger partial charge in [-0.3, -0.25) is 9.78 Å². The molecule has 0 aliphatic carbocycles. The van der Waals surface area contributed by atoms with Gasteiger partial charge in [-0.05, 0) is 28.9 Å². The lowest BCUT2D eigenvalue weighted by atomic mass is 10.2. The number of aliphatic hydroxyl groups excluding tert-OH is 1. The first-order valence-electron chi connectivity index (χ1n) is 12.4. The fraction of sp³-hybridized carbons (Fsp3) is 0.500. The summed E-state index contributed by atoms with van der Waals surface area (Å²) in [7, 11) is -2.30. The molecule has 0 saturated carbocycles. The van der Waals surface area contributed by atoms with Gasteiger partial charge in [-0.1, -0.05) is 5.21 Å². The fourth-order valence-corrected chi connectivity index (χ4v) is 8.28. The van der Waals surface area contributed by atoms with E-state index in [0.29, 0.717) is 16.9 Å². The molecule has 0 amide bonds. The van der Waals surface area contributed by atoms with E-state index in [1.807, 2.05) is 0 Å². The summed E-state index contributed by atoms with van der Waals surface area (Å²) in [5.74, 6) is 0.135. The zero-order chi connectivity index (χ0) is 29.8. The summed E-state index contributed by atoms with van der Waals surface area (Å²) in [5, 5.41) is 18.3. The second-order valence-electron chi connectivity index (χ2n) is 9.62. The fourth-order valence-electron chi connectivity index (χ4n) is 5.14. The molecule has 2 saturated heterocycles. The minimum absolute atomic E-state index is 0.0104. The number of nitrogens with one attached hydrogen (secondary N) is 1. The molecule has 4 aromatic heterocycles. The average Bonchev–Trinajstić information content (AvgIpc) is 3.71. The van der Waals surface area contributed by atoms with E-state index >= 15 is 0 Å². The Bertz CT molecular complexity index is 1770. The largest absolute Gasteiger partial charge is 0.582 e. The van der Waals surface area contributed by atoms with Crippen molar-refractivity contribution in [3.63, 3.8) is 0 Å². The van der Waals surface area contributed by atoms with Gasteiger partial charge in [0.25, 0.3) is 5.56 Å². The number of nitrogens with zero attached hydrogens (tertiary/aromatic N) is 7. The summed E-state index contributed by atoms with van der Waals surface area (Å²) in [6.07, 6.45) is -0.505. The predicted molar refractivity (Wildman–Crippen MR) is 154 cm³/mol. The van der Waals surface area contributed by atoms with Gasteiger partial charge in [-0.2, -0.15) is 9.67 Å². The van der Waals surface area contributed by atoms with Crippen molar-refractivity contribution in [2.24, 2.45) is 0 Å². The van der Waals surface area contributed by atoms with Crippen molar-refractivity contribution in [3.05, 3.63) is 28.9 Å². The van der Waals surface area contributed by atoms with Crippen molar-refractivity contribution in [1.29, 1.82) is 0 Å². The summed E-state index contributed by atoms with van der Waals surface area (Å²) in [6.45, 7) is -4.35. The van der Waals surface area contributed by atoms with Crippen molar-refractivity contribution in [3.8, 4) is 0 Å². The first-order chi connectivity index (χ1) is 20.1. The Hall–Kier alpha value is -2.64. The summed E-state index contributed by atoms with van der Waals surface area (Å²) in [4.78, 5) is 38.5. The minimum Gasteiger partial charge on any atom is -0.394 e. The van der Waals surface area contributed by atoms with Crippen LogP contribution in [0.15, 0.2) is 23.4 Å². The van der Waals surface area contributed by atoms with E-state index in [-0.39, 0.29) is 43.2 Å². The Kier molecular flexibility index (Phi) is 8.03. The standard InChI is InChI=1S/C20H24N10O8P2S2/c21-15-9-1-2-29(16(9)24-7-23-15)13-4-10(38-39(33)41)11(37-13)6-35-40(34,42)12-3-8(5-31)36-19(12)30-17-14(27-28-30)18(32)26-20(22)25-17/h1-2,7-8,10-13,19,31H,3-6H2,(H6-,21,22,23,24,25,26,28,32,33,34,41,42)/p+1/t8?,10-,11+,12+,13+,19+,40?/m0/s1. The first kappa shape index (κ1) is 29.4. The maximum Gasteiger partial charge on any atom is 0.582 e. The summed E-state index contributed by atoms with van der Waals surface area (Å²) >= 11 is 9.47. The molecule has 6 rings (SSSR count). The van der Waals surface area contributed by atoms with E-state index < -0.39 is 55.7 Å². The number of anilines is 2. The molecule has 7 N–H and O–H groups in total. The van der Waals surface area contributed by atoms with Crippen molar-refractivity contribution < 1.29 is 33.1 Å². The summed E-state index contributed by atoms with van der Waals surface area (Å²) in [5.41, 5.74) is 10.6. The first-order valence-corrected chi connectivity index (χ1v) is 17.5. The molecule has 4 aromatic rings. The minimum atomic E-state index is -3.74. The summed E-state index contributed by atoms with van der Waals surface area (Å²) < 4.78 is 38.4. The predicted octanol–water partition coefficient (Wildman–Crippen LogP) is 0.351. The van der Waals surface area contributed by atoms with Gasteiger partial charge in [0.2, 0.25) is 5.95 Å². The number of aliphatic hydroxyl groups is 1. The molecule has 6 heterocycles. The van der Waals surface area contributed by atoms with E-state index in [1.165, 1.54) is 11.0 Å². The van der Waals surface area contributed by atoms with Gasteiger partial charge >= 0.3 is 7.23 Å².